The van der Waals surface area contributed by atoms with E-state index in [-0.39, 0.29) is 23.8 Å². The lowest BCUT2D eigenvalue weighted by Crippen LogP contribution is -2.44. The lowest BCUT2D eigenvalue weighted by atomic mass is 9.80. The molecule has 1 heterocycles. The number of hydrogen-bond donors (Lipinski definition) is 2. The van der Waals surface area contributed by atoms with Gasteiger partial charge in [-0.15, -0.1) is 0 Å². The molecule has 4 nitrogen and oxygen atoms in total. The zero-order valence-electron chi connectivity index (χ0n) is 14.6. The van der Waals surface area contributed by atoms with Crippen LogP contribution in [0.4, 0.5) is 0 Å². The normalized spacial score (nSPS) is 18.4. The molecule has 0 bridgehead atoms. The second-order valence-corrected chi connectivity index (χ2v) is 7.59. The molecule has 134 valence electrons. The summed E-state index contributed by atoms with van der Waals surface area (Å²) in [6, 6.07) is 7.72. The number of ether oxygens (including phenoxy) is 1. The maximum absolute atomic E-state index is 12.4. The number of halogens is 1. The summed E-state index contributed by atoms with van der Waals surface area (Å²) in [5.74, 6) is 0.539. The summed E-state index contributed by atoms with van der Waals surface area (Å²) in [5.41, 5.74) is 0.897. The highest BCUT2D eigenvalue weighted by Crippen LogP contribution is 2.31. The molecule has 0 saturated carbocycles. The summed E-state index contributed by atoms with van der Waals surface area (Å²) in [6.45, 7) is 6.14. The van der Waals surface area contributed by atoms with Gasteiger partial charge in [0.1, 0.15) is 0 Å². The molecular weight excluding hydrogens is 326 g/mol. The maximum atomic E-state index is 12.4. The van der Waals surface area contributed by atoms with E-state index in [2.05, 4.69) is 19.2 Å². The summed E-state index contributed by atoms with van der Waals surface area (Å²) >= 11 is 5.96. The van der Waals surface area contributed by atoms with E-state index in [0.717, 1.165) is 18.4 Å². The fourth-order valence-corrected chi connectivity index (χ4v) is 3.33. The number of amides is 1. The molecule has 5 heteroatoms. The second-order valence-electron chi connectivity index (χ2n) is 7.15. The second kappa shape index (κ2) is 8.84. The molecule has 1 saturated heterocycles. The van der Waals surface area contributed by atoms with Crippen LogP contribution in [0.5, 0.6) is 0 Å². The number of benzene rings is 1. The lowest BCUT2D eigenvalue weighted by Gasteiger charge is -2.35. The van der Waals surface area contributed by atoms with Crippen molar-refractivity contribution in [2.24, 2.45) is 11.3 Å². The molecule has 1 fully saturated rings. The predicted octanol–water partition coefficient (Wildman–Crippen LogP) is 3.38. The molecule has 2 rings (SSSR count). The van der Waals surface area contributed by atoms with Gasteiger partial charge >= 0.3 is 0 Å². The van der Waals surface area contributed by atoms with E-state index in [1.54, 1.807) is 0 Å². The average Bonchev–Trinajstić information content (AvgIpc) is 2.59. The van der Waals surface area contributed by atoms with Gasteiger partial charge in [0.25, 0.3) is 0 Å². The maximum Gasteiger partial charge on any atom is 0.220 e. The van der Waals surface area contributed by atoms with E-state index < -0.39 is 0 Å². The van der Waals surface area contributed by atoms with Crippen LogP contribution in [0.25, 0.3) is 0 Å². The summed E-state index contributed by atoms with van der Waals surface area (Å²) in [4.78, 5) is 12.4. The highest BCUT2D eigenvalue weighted by atomic mass is 35.5. The molecule has 1 atom stereocenters. The molecule has 0 aliphatic carbocycles. The van der Waals surface area contributed by atoms with Gasteiger partial charge in [-0.1, -0.05) is 37.6 Å². The van der Waals surface area contributed by atoms with Crippen molar-refractivity contribution < 1.29 is 14.6 Å². The highest BCUT2D eigenvalue weighted by Gasteiger charge is 2.32. The van der Waals surface area contributed by atoms with Crippen molar-refractivity contribution in [3.63, 3.8) is 0 Å². The smallest absolute Gasteiger partial charge is 0.220 e. The Morgan fingerprint density at radius 3 is 2.46 bits per heavy atom. The molecule has 0 radical (unpaired) electrons. The number of nitrogens with one attached hydrogen (secondary N) is 1. The number of aliphatic hydroxyl groups excluding tert-OH is 1. The Morgan fingerprint density at radius 1 is 1.29 bits per heavy atom. The van der Waals surface area contributed by atoms with Gasteiger partial charge in [0.2, 0.25) is 5.91 Å². The zero-order chi connectivity index (χ0) is 17.6. The zero-order valence-corrected chi connectivity index (χ0v) is 15.3. The molecular formula is C19H28ClNO3. The van der Waals surface area contributed by atoms with Crippen LogP contribution < -0.4 is 5.32 Å². The van der Waals surface area contributed by atoms with Crippen LogP contribution in [0.2, 0.25) is 5.02 Å². The fraction of sp³-hybridized carbons (Fsp3) is 0.632. The first-order valence-corrected chi connectivity index (χ1v) is 9.04. The van der Waals surface area contributed by atoms with Gasteiger partial charge < -0.3 is 15.2 Å². The van der Waals surface area contributed by atoms with Crippen LogP contribution in [-0.4, -0.2) is 37.4 Å². The largest absolute Gasteiger partial charge is 0.396 e. The number of aliphatic hydroxyl groups is 1. The molecule has 1 aliphatic rings. The van der Waals surface area contributed by atoms with Gasteiger partial charge in [-0.2, -0.15) is 0 Å². The van der Waals surface area contributed by atoms with Crippen molar-refractivity contribution >= 4 is 17.5 Å². The van der Waals surface area contributed by atoms with E-state index in [1.807, 2.05) is 24.3 Å². The third kappa shape index (κ3) is 5.20. The van der Waals surface area contributed by atoms with Gasteiger partial charge in [0.05, 0.1) is 6.61 Å². The third-order valence-corrected chi connectivity index (χ3v) is 5.31. The van der Waals surface area contributed by atoms with E-state index in [9.17, 15) is 9.90 Å². The first kappa shape index (κ1) is 19.2. The Bertz CT molecular complexity index is 524. The molecule has 24 heavy (non-hydrogen) atoms. The van der Waals surface area contributed by atoms with Gasteiger partial charge in [0.15, 0.2) is 0 Å². The summed E-state index contributed by atoms with van der Waals surface area (Å²) in [7, 11) is 0. The van der Waals surface area contributed by atoms with Gasteiger partial charge in [-0.3, -0.25) is 4.79 Å². The molecule has 1 aliphatic heterocycles. The van der Waals surface area contributed by atoms with Crippen LogP contribution in [0.15, 0.2) is 24.3 Å². The molecule has 1 aromatic rings. The standard InChI is InChI=1S/C19H28ClNO3/c1-14(2)17(15-3-5-16(20)6-4-15)11-18(23)21-12-19(13-22)7-9-24-10-8-19/h3-6,14,17,22H,7-13H2,1-2H3,(H,21,23). The predicted molar refractivity (Wildman–Crippen MR) is 96.2 cm³/mol. The number of carbonyl (C=O) groups excluding carboxylic acids is 1. The summed E-state index contributed by atoms with van der Waals surface area (Å²) in [5, 5.41) is 13.4. The molecule has 2 N–H and O–H groups in total. The van der Waals surface area contributed by atoms with Crippen LogP contribution in [0.3, 0.4) is 0 Å². The van der Waals surface area contributed by atoms with Crippen LogP contribution in [0.1, 0.15) is 44.6 Å². The monoisotopic (exact) mass is 353 g/mol. The van der Waals surface area contributed by atoms with Crippen molar-refractivity contribution in [2.45, 2.75) is 39.0 Å². The van der Waals surface area contributed by atoms with Gasteiger partial charge in [0, 0.05) is 36.6 Å². The van der Waals surface area contributed by atoms with Crippen molar-refractivity contribution in [1.29, 1.82) is 0 Å². The molecule has 1 unspecified atom stereocenters. The number of carbonyl (C=O) groups is 1. The molecule has 0 aromatic heterocycles. The van der Waals surface area contributed by atoms with E-state index in [1.165, 1.54) is 0 Å². The van der Waals surface area contributed by atoms with Gasteiger partial charge in [-0.25, -0.2) is 0 Å². The lowest BCUT2D eigenvalue weighted by molar-refractivity contribution is -0.123. The highest BCUT2D eigenvalue weighted by molar-refractivity contribution is 6.30. The number of hydrogen-bond acceptors (Lipinski definition) is 3. The molecule has 1 amide bonds. The fourth-order valence-electron chi connectivity index (χ4n) is 3.20. The Kier molecular flexibility index (Phi) is 7.08. The van der Waals surface area contributed by atoms with E-state index >= 15 is 0 Å². The topological polar surface area (TPSA) is 58.6 Å². The van der Waals surface area contributed by atoms with Crippen molar-refractivity contribution in [3.8, 4) is 0 Å². The van der Waals surface area contributed by atoms with Crippen LogP contribution in [-0.2, 0) is 9.53 Å². The minimum absolute atomic E-state index is 0.0305. The van der Waals surface area contributed by atoms with Crippen molar-refractivity contribution in [2.75, 3.05) is 26.4 Å². The minimum atomic E-state index is -0.235. The van der Waals surface area contributed by atoms with Gasteiger partial charge in [-0.05, 0) is 42.4 Å². The third-order valence-electron chi connectivity index (χ3n) is 5.06. The average molecular weight is 354 g/mol. The van der Waals surface area contributed by atoms with Crippen LogP contribution >= 0.6 is 11.6 Å². The van der Waals surface area contributed by atoms with E-state index in [4.69, 9.17) is 16.3 Å². The Morgan fingerprint density at radius 2 is 1.92 bits per heavy atom. The Labute approximate surface area is 149 Å². The Hall–Kier alpha value is -1.10. The van der Waals surface area contributed by atoms with Crippen molar-refractivity contribution in [1.82, 2.24) is 5.32 Å². The molecule has 0 spiro atoms. The van der Waals surface area contributed by atoms with Crippen molar-refractivity contribution in [3.05, 3.63) is 34.9 Å². The SMILES string of the molecule is CC(C)C(CC(=O)NCC1(CO)CCOCC1)c1ccc(Cl)cc1. The summed E-state index contributed by atoms with van der Waals surface area (Å²) in [6.07, 6.45) is 2.01. The van der Waals surface area contributed by atoms with E-state index in [0.29, 0.717) is 37.1 Å². The quantitative estimate of drug-likeness (QED) is 0.790. The first-order chi connectivity index (χ1) is 11.5. The number of rotatable bonds is 7. The minimum Gasteiger partial charge on any atom is -0.396 e. The molecule has 1 aromatic carbocycles. The Balaban J connectivity index is 1.94. The summed E-state index contributed by atoms with van der Waals surface area (Å²) < 4.78 is 5.36. The van der Waals surface area contributed by atoms with Crippen LogP contribution in [0, 0.1) is 11.3 Å². The first-order valence-electron chi connectivity index (χ1n) is 8.66.